The Morgan fingerprint density at radius 3 is 2.43 bits per heavy atom. The summed E-state index contributed by atoms with van der Waals surface area (Å²) in [6, 6.07) is 0.160. The molecule has 0 radical (unpaired) electrons. The van der Waals surface area contributed by atoms with Crippen LogP contribution in [0.2, 0.25) is 0 Å². The van der Waals surface area contributed by atoms with Crippen molar-refractivity contribution in [3.63, 3.8) is 0 Å². The van der Waals surface area contributed by atoms with Gasteiger partial charge < -0.3 is 9.80 Å². The van der Waals surface area contributed by atoms with Crippen LogP contribution in [-0.2, 0) is 11.0 Å². The van der Waals surface area contributed by atoms with Crippen molar-refractivity contribution in [3.05, 3.63) is 18.0 Å². The maximum absolute atomic E-state index is 12.5. The molecule has 0 aromatic carbocycles. The molecule has 1 saturated heterocycles. The van der Waals surface area contributed by atoms with Crippen LogP contribution in [0.25, 0.3) is 0 Å². The van der Waals surface area contributed by atoms with E-state index >= 15 is 0 Å². The van der Waals surface area contributed by atoms with Gasteiger partial charge in [-0.3, -0.25) is 9.48 Å². The molecule has 1 aliphatic heterocycles. The van der Waals surface area contributed by atoms with Gasteiger partial charge in [0, 0.05) is 32.4 Å². The van der Waals surface area contributed by atoms with Crippen LogP contribution in [0.4, 0.5) is 13.2 Å². The van der Waals surface area contributed by atoms with Crippen LogP contribution in [0.1, 0.15) is 25.6 Å². The minimum absolute atomic E-state index is 0.192. The highest BCUT2D eigenvalue weighted by atomic mass is 19.4. The van der Waals surface area contributed by atoms with Crippen molar-refractivity contribution >= 4 is 5.91 Å². The number of alkyl halides is 3. The zero-order valence-corrected chi connectivity index (χ0v) is 12.1. The fourth-order valence-corrected chi connectivity index (χ4v) is 2.37. The number of likely N-dealkylation sites (N-methyl/N-ethyl adjacent to an activating group) is 1. The van der Waals surface area contributed by atoms with Gasteiger partial charge in [0.2, 0.25) is 5.91 Å². The van der Waals surface area contributed by atoms with Gasteiger partial charge >= 0.3 is 6.18 Å². The summed E-state index contributed by atoms with van der Waals surface area (Å²) in [5.41, 5.74) is -0.974. The van der Waals surface area contributed by atoms with Crippen molar-refractivity contribution in [2.45, 2.75) is 26.1 Å². The van der Waals surface area contributed by atoms with E-state index in [9.17, 15) is 18.0 Å². The van der Waals surface area contributed by atoms with E-state index in [1.807, 2.05) is 0 Å². The molecule has 1 amide bonds. The maximum atomic E-state index is 12.5. The Morgan fingerprint density at radius 2 is 1.95 bits per heavy atom. The Hall–Kier alpha value is -1.57. The van der Waals surface area contributed by atoms with E-state index in [1.54, 1.807) is 11.8 Å². The topological polar surface area (TPSA) is 41.4 Å². The van der Waals surface area contributed by atoms with E-state index < -0.39 is 17.9 Å². The lowest BCUT2D eigenvalue weighted by Crippen LogP contribution is -2.50. The third kappa shape index (κ3) is 3.55. The third-order valence-corrected chi connectivity index (χ3v) is 3.78. The van der Waals surface area contributed by atoms with Crippen molar-refractivity contribution in [1.29, 1.82) is 0 Å². The number of halogens is 3. The highest BCUT2D eigenvalue weighted by molar-refractivity contribution is 5.80. The van der Waals surface area contributed by atoms with Gasteiger partial charge in [0.05, 0.1) is 0 Å². The van der Waals surface area contributed by atoms with Crippen molar-refractivity contribution in [2.24, 2.45) is 0 Å². The van der Waals surface area contributed by atoms with Gasteiger partial charge in [-0.05, 0) is 19.5 Å². The summed E-state index contributed by atoms with van der Waals surface area (Å²) < 4.78 is 38.7. The van der Waals surface area contributed by atoms with Crippen LogP contribution in [0, 0.1) is 0 Å². The number of amides is 1. The summed E-state index contributed by atoms with van der Waals surface area (Å²) in [5, 5.41) is 3.46. The van der Waals surface area contributed by atoms with Gasteiger partial charge in [-0.15, -0.1) is 0 Å². The second-order valence-electron chi connectivity index (χ2n) is 5.11. The predicted molar refractivity (Wildman–Crippen MR) is 70.6 cm³/mol. The second kappa shape index (κ2) is 6.05. The Balaban J connectivity index is 2.01. The normalized spacial score (nSPS) is 18.8. The van der Waals surface area contributed by atoms with E-state index in [1.165, 1.54) is 6.20 Å². The molecule has 2 rings (SSSR count). The predicted octanol–water partition coefficient (Wildman–Crippen LogP) is 1.63. The average Bonchev–Trinajstić information content (AvgIpc) is 2.95. The number of aromatic nitrogens is 2. The van der Waals surface area contributed by atoms with Crippen LogP contribution in [0.5, 0.6) is 0 Å². The van der Waals surface area contributed by atoms with E-state index in [-0.39, 0.29) is 5.91 Å². The summed E-state index contributed by atoms with van der Waals surface area (Å²) in [6.45, 7) is 7.36. The Kier molecular flexibility index (Phi) is 4.55. The Bertz CT molecular complexity index is 492. The molecule has 1 aliphatic rings. The minimum atomic E-state index is -4.49. The van der Waals surface area contributed by atoms with Gasteiger partial charge in [0.15, 0.2) is 5.69 Å². The van der Waals surface area contributed by atoms with Crippen molar-refractivity contribution < 1.29 is 18.0 Å². The zero-order chi connectivity index (χ0) is 15.6. The van der Waals surface area contributed by atoms with E-state index in [0.717, 1.165) is 30.4 Å². The first kappa shape index (κ1) is 15.8. The van der Waals surface area contributed by atoms with Crippen LogP contribution < -0.4 is 0 Å². The monoisotopic (exact) mass is 304 g/mol. The smallest absolute Gasteiger partial charge is 0.338 e. The summed E-state index contributed by atoms with van der Waals surface area (Å²) >= 11 is 0. The molecule has 1 unspecified atom stereocenters. The number of carbonyl (C=O) groups excluding carboxylic acids is 1. The van der Waals surface area contributed by atoms with Crippen LogP contribution in [0.15, 0.2) is 12.3 Å². The molecule has 1 fully saturated rings. The Labute approximate surface area is 121 Å². The molecule has 8 heteroatoms. The molecule has 5 nitrogen and oxygen atoms in total. The number of hydrogen-bond donors (Lipinski definition) is 0. The fraction of sp³-hybridized carbons (Fsp3) is 0.692. The van der Waals surface area contributed by atoms with Gasteiger partial charge in [-0.25, -0.2) is 0 Å². The van der Waals surface area contributed by atoms with Gasteiger partial charge in [0.1, 0.15) is 6.04 Å². The first-order chi connectivity index (χ1) is 9.82. The molecule has 118 valence electrons. The summed E-state index contributed by atoms with van der Waals surface area (Å²) in [7, 11) is 0. The van der Waals surface area contributed by atoms with Crippen LogP contribution in [-0.4, -0.2) is 58.2 Å². The molecule has 0 saturated carbocycles. The largest absolute Gasteiger partial charge is 0.435 e. The molecule has 0 spiro atoms. The molecule has 1 aromatic rings. The molecule has 1 aromatic heterocycles. The number of carbonyl (C=O) groups is 1. The molecule has 0 N–H and O–H groups in total. The van der Waals surface area contributed by atoms with Crippen molar-refractivity contribution in [2.75, 3.05) is 32.7 Å². The molecular formula is C13H19F3N4O. The van der Waals surface area contributed by atoms with E-state index in [4.69, 9.17) is 0 Å². The standard InChI is InChI=1S/C13H19F3N4O/c1-3-18-6-8-19(9-7-18)12(21)10(2)20-5-4-11(17-20)13(14,15)16/h4-5,10H,3,6-9H2,1-2H3. The molecule has 0 aliphatic carbocycles. The summed E-state index contributed by atoms with van der Waals surface area (Å²) in [4.78, 5) is 16.2. The van der Waals surface area contributed by atoms with E-state index in [0.29, 0.717) is 13.1 Å². The summed E-state index contributed by atoms with van der Waals surface area (Å²) in [5.74, 6) is -0.192. The molecule has 21 heavy (non-hydrogen) atoms. The lowest BCUT2D eigenvalue weighted by atomic mass is 10.2. The highest BCUT2D eigenvalue weighted by Crippen LogP contribution is 2.28. The number of hydrogen-bond acceptors (Lipinski definition) is 3. The number of rotatable bonds is 3. The summed E-state index contributed by atoms with van der Waals surface area (Å²) in [6.07, 6.45) is -3.28. The van der Waals surface area contributed by atoms with Gasteiger partial charge in [-0.2, -0.15) is 18.3 Å². The molecule has 2 heterocycles. The van der Waals surface area contributed by atoms with Crippen molar-refractivity contribution in [3.8, 4) is 0 Å². The van der Waals surface area contributed by atoms with Crippen molar-refractivity contribution in [1.82, 2.24) is 19.6 Å². The van der Waals surface area contributed by atoms with Gasteiger partial charge in [0.25, 0.3) is 0 Å². The molecule has 0 bridgehead atoms. The lowest BCUT2D eigenvalue weighted by molar-refractivity contribution is -0.143. The van der Waals surface area contributed by atoms with Crippen LogP contribution >= 0.6 is 0 Å². The highest BCUT2D eigenvalue weighted by Gasteiger charge is 2.35. The minimum Gasteiger partial charge on any atom is -0.338 e. The fourth-order valence-electron chi connectivity index (χ4n) is 2.37. The SMILES string of the molecule is CCN1CCN(C(=O)C(C)n2ccc(C(F)(F)F)n2)CC1. The Morgan fingerprint density at radius 1 is 1.33 bits per heavy atom. The second-order valence-corrected chi connectivity index (χ2v) is 5.11. The van der Waals surface area contributed by atoms with Gasteiger partial charge in [-0.1, -0.05) is 6.92 Å². The molecule has 1 atom stereocenters. The zero-order valence-electron chi connectivity index (χ0n) is 12.1. The first-order valence-electron chi connectivity index (χ1n) is 6.96. The molecular weight excluding hydrogens is 285 g/mol. The maximum Gasteiger partial charge on any atom is 0.435 e. The number of nitrogens with zero attached hydrogens (tertiary/aromatic N) is 4. The number of piperazine rings is 1. The lowest BCUT2D eigenvalue weighted by Gasteiger charge is -2.35. The van der Waals surface area contributed by atoms with E-state index in [2.05, 4.69) is 16.9 Å². The third-order valence-electron chi connectivity index (χ3n) is 3.78. The average molecular weight is 304 g/mol. The quantitative estimate of drug-likeness (QED) is 0.852. The first-order valence-corrected chi connectivity index (χ1v) is 6.96. The van der Waals surface area contributed by atoms with Crippen LogP contribution in [0.3, 0.4) is 0 Å².